The fourth-order valence-electron chi connectivity index (χ4n) is 3.40. The predicted octanol–water partition coefficient (Wildman–Crippen LogP) is 5.71. The monoisotopic (exact) mass is 472 g/mol. The summed E-state index contributed by atoms with van der Waals surface area (Å²) in [7, 11) is 0. The summed E-state index contributed by atoms with van der Waals surface area (Å²) >= 11 is 0. The number of phenolic OH excluding ortho intramolecular Hbond substituents is 1. The lowest BCUT2D eigenvalue weighted by molar-refractivity contribution is -0.137. The molecule has 0 saturated carbocycles. The fourth-order valence-corrected chi connectivity index (χ4v) is 3.40. The van der Waals surface area contributed by atoms with Crippen LogP contribution >= 0.6 is 0 Å². The Labute approximate surface area is 194 Å². The second kappa shape index (κ2) is 9.86. The molecule has 3 aromatic carbocycles. The zero-order valence-electron chi connectivity index (χ0n) is 18.7. The van der Waals surface area contributed by atoms with E-state index in [9.17, 15) is 27.9 Å². The molecular weight excluding hydrogens is 449 g/mol. The highest BCUT2D eigenvalue weighted by Gasteiger charge is 2.30. The number of nitrogens with one attached hydrogen (secondary N) is 2. The van der Waals surface area contributed by atoms with Crippen molar-refractivity contribution in [3.05, 3.63) is 82.4 Å². The van der Waals surface area contributed by atoms with Crippen LogP contribution in [0.4, 0.5) is 18.9 Å². The maximum Gasteiger partial charge on any atom is 0.416 e. The molecule has 178 valence electrons. The minimum Gasteiger partial charge on any atom is -0.507 e. The average molecular weight is 472 g/mol. The number of benzene rings is 3. The minimum absolute atomic E-state index is 0.0883. The molecule has 0 aliphatic rings. The first-order valence-corrected chi connectivity index (χ1v) is 10.3. The van der Waals surface area contributed by atoms with Gasteiger partial charge in [-0.25, -0.2) is 0 Å². The third kappa shape index (κ3) is 6.06. The second-order valence-corrected chi connectivity index (χ2v) is 7.78. The molecule has 3 rings (SSSR count). The number of hydrogen-bond donors (Lipinski definition) is 3. The van der Waals surface area contributed by atoms with Crippen molar-refractivity contribution in [3.63, 3.8) is 0 Å². The van der Waals surface area contributed by atoms with Crippen LogP contribution in [0, 0.1) is 13.8 Å². The van der Waals surface area contributed by atoms with Gasteiger partial charge in [0.15, 0.2) is 0 Å². The molecule has 0 saturated heterocycles. The van der Waals surface area contributed by atoms with E-state index in [1.54, 1.807) is 26.0 Å². The van der Waals surface area contributed by atoms with Crippen LogP contribution in [0.2, 0.25) is 0 Å². The van der Waals surface area contributed by atoms with Gasteiger partial charge in [-0.3, -0.25) is 9.59 Å². The predicted molar refractivity (Wildman–Crippen MR) is 121 cm³/mol. The van der Waals surface area contributed by atoms with E-state index in [-0.39, 0.29) is 35.1 Å². The number of ether oxygens (including phenoxy) is 1. The van der Waals surface area contributed by atoms with Gasteiger partial charge in [0.05, 0.1) is 11.1 Å². The van der Waals surface area contributed by atoms with Gasteiger partial charge in [-0.15, -0.1) is 0 Å². The van der Waals surface area contributed by atoms with Gasteiger partial charge in [0.1, 0.15) is 17.2 Å². The first-order valence-electron chi connectivity index (χ1n) is 10.3. The number of aryl methyl sites for hydroxylation is 2. The molecule has 0 aliphatic heterocycles. The van der Waals surface area contributed by atoms with Crippen molar-refractivity contribution in [2.45, 2.75) is 33.5 Å². The van der Waals surface area contributed by atoms with Crippen LogP contribution in [0.5, 0.6) is 17.2 Å². The molecule has 0 atom stereocenters. The number of anilines is 1. The van der Waals surface area contributed by atoms with Crippen LogP contribution < -0.4 is 15.4 Å². The molecule has 2 amide bonds. The number of hydrogen-bond acceptors (Lipinski definition) is 4. The van der Waals surface area contributed by atoms with Gasteiger partial charge >= 0.3 is 6.18 Å². The first-order chi connectivity index (χ1) is 15.9. The number of carbonyl (C=O) groups is 2. The van der Waals surface area contributed by atoms with Crippen LogP contribution in [0.15, 0.2) is 54.6 Å². The van der Waals surface area contributed by atoms with E-state index in [1.807, 2.05) is 0 Å². The highest BCUT2D eigenvalue weighted by Crippen LogP contribution is 2.33. The zero-order chi connectivity index (χ0) is 25.0. The van der Waals surface area contributed by atoms with Gasteiger partial charge in [0, 0.05) is 19.2 Å². The lowest BCUT2D eigenvalue weighted by Crippen LogP contribution is -2.23. The molecule has 9 heteroatoms. The molecule has 0 bridgehead atoms. The highest BCUT2D eigenvalue weighted by molar-refractivity contribution is 5.97. The molecule has 6 nitrogen and oxygen atoms in total. The molecule has 0 aromatic heterocycles. The lowest BCUT2D eigenvalue weighted by atomic mass is 10.1. The van der Waals surface area contributed by atoms with E-state index in [1.165, 1.54) is 37.3 Å². The maximum atomic E-state index is 12.9. The van der Waals surface area contributed by atoms with Crippen molar-refractivity contribution < 1.29 is 32.6 Å². The number of phenols is 1. The van der Waals surface area contributed by atoms with Gasteiger partial charge in [-0.2, -0.15) is 13.2 Å². The Morgan fingerprint density at radius 3 is 2.29 bits per heavy atom. The molecular formula is C25H23F3N2O4. The zero-order valence-corrected chi connectivity index (χ0v) is 18.7. The molecule has 0 heterocycles. The molecule has 3 aromatic rings. The van der Waals surface area contributed by atoms with Crippen LogP contribution in [0.1, 0.15) is 39.5 Å². The lowest BCUT2D eigenvalue weighted by Gasteiger charge is -2.15. The smallest absolute Gasteiger partial charge is 0.416 e. The number of aromatic hydroxyl groups is 1. The van der Waals surface area contributed by atoms with Crippen molar-refractivity contribution in [2.75, 3.05) is 5.32 Å². The molecule has 34 heavy (non-hydrogen) atoms. The molecule has 0 spiro atoms. The van der Waals surface area contributed by atoms with Crippen molar-refractivity contribution in [3.8, 4) is 17.2 Å². The summed E-state index contributed by atoms with van der Waals surface area (Å²) in [4.78, 5) is 23.9. The summed E-state index contributed by atoms with van der Waals surface area (Å²) in [6.45, 7) is 4.86. The maximum absolute atomic E-state index is 12.9. The third-order valence-corrected chi connectivity index (χ3v) is 4.92. The van der Waals surface area contributed by atoms with Gasteiger partial charge in [0.25, 0.3) is 5.91 Å². The fraction of sp³-hybridized carbons (Fsp3) is 0.200. The SMILES string of the molecule is CC(=O)Nc1cc(C)c(Oc2ccc(O)c(C(=O)NCc3cccc(C(F)(F)F)c3)c2)c(C)c1. The molecule has 0 aliphatic carbocycles. The standard InChI is InChI=1S/C25H23F3N2O4/c1-14-9-19(30-16(3)31)10-15(2)23(14)34-20-7-8-22(32)21(12-20)24(33)29-13-17-5-4-6-18(11-17)25(26,27)28/h4-12,32H,13H2,1-3H3,(H,29,33)(H,30,31). The van der Waals surface area contributed by atoms with Crippen molar-refractivity contribution in [1.82, 2.24) is 5.32 Å². The number of rotatable bonds is 6. The largest absolute Gasteiger partial charge is 0.507 e. The van der Waals surface area contributed by atoms with E-state index in [0.29, 0.717) is 11.4 Å². The Morgan fingerprint density at radius 2 is 1.68 bits per heavy atom. The van der Waals surface area contributed by atoms with Gasteiger partial charge in [0.2, 0.25) is 5.91 Å². The van der Waals surface area contributed by atoms with E-state index < -0.39 is 17.6 Å². The van der Waals surface area contributed by atoms with Crippen molar-refractivity contribution >= 4 is 17.5 Å². The minimum atomic E-state index is -4.49. The summed E-state index contributed by atoms with van der Waals surface area (Å²) in [5.74, 6) is -0.374. The molecule has 0 fully saturated rings. The van der Waals surface area contributed by atoms with Crippen LogP contribution in [0.3, 0.4) is 0 Å². The highest BCUT2D eigenvalue weighted by atomic mass is 19.4. The second-order valence-electron chi connectivity index (χ2n) is 7.78. The van der Waals surface area contributed by atoms with Crippen LogP contribution in [-0.4, -0.2) is 16.9 Å². The third-order valence-electron chi connectivity index (χ3n) is 4.92. The van der Waals surface area contributed by atoms with E-state index in [4.69, 9.17) is 4.74 Å². The van der Waals surface area contributed by atoms with E-state index >= 15 is 0 Å². The topological polar surface area (TPSA) is 87.7 Å². The van der Waals surface area contributed by atoms with E-state index in [0.717, 1.165) is 23.3 Å². The Kier molecular flexibility index (Phi) is 7.14. The normalized spacial score (nSPS) is 11.1. The Balaban J connectivity index is 1.76. The van der Waals surface area contributed by atoms with Crippen LogP contribution in [0.25, 0.3) is 0 Å². The molecule has 0 unspecified atom stereocenters. The van der Waals surface area contributed by atoms with Gasteiger partial charge in [-0.05, 0) is 73.0 Å². The summed E-state index contributed by atoms with van der Waals surface area (Å²) < 4.78 is 44.6. The van der Waals surface area contributed by atoms with Crippen molar-refractivity contribution in [1.29, 1.82) is 0 Å². The summed E-state index contributed by atoms with van der Waals surface area (Å²) in [6.07, 6.45) is -4.49. The number of alkyl halides is 3. The van der Waals surface area contributed by atoms with Gasteiger partial charge < -0.3 is 20.5 Å². The van der Waals surface area contributed by atoms with Crippen LogP contribution in [-0.2, 0) is 17.5 Å². The Morgan fingerprint density at radius 1 is 1.00 bits per heavy atom. The Bertz CT molecular complexity index is 1220. The number of carbonyl (C=O) groups excluding carboxylic acids is 2. The average Bonchev–Trinajstić information content (AvgIpc) is 2.75. The number of halogens is 3. The quantitative estimate of drug-likeness (QED) is 0.429. The first kappa shape index (κ1) is 24.6. The number of amides is 2. The molecule has 0 radical (unpaired) electrons. The Hall–Kier alpha value is -4.01. The molecule has 3 N–H and O–H groups in total. The summed E-state index contributed by atoms with van der Waals surface area (Å²) in [5, 5.41) is 15.4. The van der Waals surface area contributed by atoms with Gasteiger partial charge in [-0.1, -0.05) is 12.1 Å². The summed E-state index contributed by atoms with van der Waals surface area (Å²) in [5.41, 5.74) is 1.47. The summed E-state index contributed by atoms with van der Waals surface area (Å²) in [6, 6.07) is 12.2. The van der Waals surface area contributed by atoms with E-state index in [2.05, 4.69) is 10.6 Å². The van der Waals surface area contributed by atoms with Crippen molar-refractivity contribution in [2.24, 2.45) is 0 Å².